The summed E-state index contributed by atoms with van der Waals surface area (Å²) in [5.74, 6) is 0. The van der Waals surface area contributed by atoms with Crippen molar-refractivity contribution in [1.82, 2.24) is 15.0 Å². The molecule has 2 N–H and O–H groups in total. The van der Waals surface area contributed by atoms with Gasteiger partial charge in [-0.2, -0.15) is 0 Å². The molecule has 0 spiro atoms. The topological polar surface area (TPSA) is 71.1 Å². The largest absolute Gasteiger partial charge is 0.315 e. The third kappa shape index (κ3) is 2.42. The van der Waals surface area contributed by atoms with E-state index in [2.05, 4.69) is 15.0 Å². The monoisotopic (exact) mass is 261 g/mol. The van der Waals surface area contributed by atoms with Crippen molar-refractivity contribution in [1.29, 1.82) is 0 Å². The molecule has 0 amide bonds. The number of hydrogen-bond acceptors (Lipinski definition) is 5. The number of hydrogen-bond donors (Lipinski definition) is 2. The summed E-state index contributed by atoms with van der Waals surface area (Å²) >= 11 is 1.22. The highest BCUT2D eigenvalue weighted by Gasteiger charge is 2.26. The van der Waals surface area contributed by atoms with Gasteiger partial charge in [-0.1, -0.05) is 0 Å². The van der Waals surface area contributed by atoms with Gasteiger partial charge in [-0.15, -0.1) is 11.3 Å². The van der Waals surface area contributed by atoms with Crippen molar-refractivity contribution in [2.24, 2.45) is 0 Å². The van der Waals surface area contributed by atoms with Gasteiger partial charge in [0.2, 0.25) is 0 Å². The molecule has 1 saturated heterocycles. The summed E-state index contributed by atoms with van der Waals surface area (Å²) in [6, 6.07) is 0.00630. The van der Waals surface area contributed by atoms with Crippen LogP contribution in [0.5, 0.6) is 0 Å². The Balaban J connectivity index is 2.21. The zero-order valence-corrected chi connectivity index (χ0v) is 10.9. The molecule has 1 unspecified atom stereocenters. The average molecular weight is 261 g/mol. The molecule has 1 aliphatic rings. The van der Waals surface area contributed by atoms with E-state index >= 15 is 0 Å². The first kappa shape index (κ1) is 12.0. The SMILES string of the molecule is Cc1nc(C)c(S(=O)(=O)NC2CCNC2)s1. The van der Waals surface area contributed by atoms with Crippen LogP contribution in [-0.2, 0) is 10.0 Å². The van der Waals surface area contributed by atoms with E-state index in [1.807, 2.05) is 6.92 Å². The minimum atomic E-state index is -3.39. The summed E-state index contributed by atoms with van der Waals surface area (Å²) in [6.45, 7) is 5.11. The third-order valence-corrected chi connectivity index (χ3v) is 5.69. The third-order valence-electron chi connectivity index (χ3n) is 2.49. The lowest BCUT2D eigenvalue weighted by molar-refractivity contribution is 0.561. The van der Waals surface area contributed by atoms with Crippen LogP contribution in [0.25, 0.3) is 0 Å². The molecule has 0 saturated carbocycles. The van der Waals surface area contributed by atoms with E-state index in [1.165, 1.54) is 11.3 Å². The lowest BCUT2D eigenvalue weighted by atomic mass is 10.3. The first-order valence-electron chi connectivity index (χ1n) is 5.16. The molecule has 0 aliphatic carbocycles. The Kier molecular flexibility index (Phi) is 3.29. The number of aromatic nitrogens is 1. The Hall–Kier alpha value is -0.500. The molecule has 0 radical (unpaired) electrons. The van der Waals surface area contributed by atoms with Gasteiger partial charge in [0.1, 0.15) is 0 Å². The molecule has 1 aromatic rings. The predicted octanol–water partition coefficient (Wildman–Crippen LogP) is 0.400. The summed E-state index contributed by atoms with van der Waals surface area (Å²) in [4.78, 5) is 4.14. The normalized spacial score (nSPS) is 21.5. The number of aryl methyl sites for hydroxylation is 2. The molecular weight excluding hydrogens is 246 g/mol. The van der Waals surface area contributed by atoms with Crippen LogP contribution >= 0.6 is 11.3 Å². The van der Waals surface area contributed by atoms with Gasteiger partial charge in [-0.25, -0.2) is 18.1 Å². The summed E-state index contributed by atoms with van der Waals surface area (Å²) in [5.41, 5.74) is 0.584. The highest BCUT2D eigenvalue weighted by Crippen LogP contribution is 2.23. The van der Waals surface area contributed by atoms with Crippen LogP contribution < -0.4 is 10.0 Å². The van der Waals surface area contributed by atoms with Gasteiger partial charge in [0.05, 0.1) is 10.7 Å². The molecule has 1 aliphatic heterocycles. The van der Waals surface area contributed by atoms with E-state index in [1.54, 1.807) is 6.92 Å². The molecule has 1 fully saturated rings. The molecule has 2 rings (SSSR count). The van der Waals surface area contributed by atoms with Crippen molar-refractivity contribution < 1.29 is 8.42 Å². The van der Waals surface area contributed by atoms with Gasteiger partial charge in [0.25, 0.3) is 10.0 Å². The Morgan fingerprint density at radius 1 is 1.50 bits per heavy atom. The smallest absolute Gasteiger partial charge is 0.252 e. The lowest BCUT2D eigenvalue weighted by Crippen LogP contribution is -2.36. The fraction of sp³-hybridized carbons (Fsp3) is 0.667. The Bertz CT molecular complexity index is 475. The zero-order chi connectivity index (χ0) is 11.8. The molecule has 5 nitrogen and oxygen atoms in total. The van der Waals surface area contributed by atoms with E-state index in [0.717, 1.165) is 18.0 Å². The van der Waals surface area contributed by atoms with Crippen molar-refractivity contribution in [2.75, 3.05) is 13.1 Å². The number of sulfonamides is 1. The second kappa shape index (κ2) is 4.40. The Labute approximate surface area is 99.3 Å². The molecule has 0 bridgehead atoms. The summed E-state index contributed by atoms with van der Waals surface area (Å²) in [6.07, 6.45) is 0.843. The van der Waals surface area contributed by atoms with Crippen LogP contribution in [0, 0.1) is 13.8 Å². The molecule has 0 aromatic carbocycles. The van der Waals surface area contributed by atoms with Crippen molar-refractivity contribution in [3.8, 4) is 0 Å². The maximum absolute atomic E-state index is 12.1. The Morgan fingerprint density at radius 2 is 2.25 bits per heavy atom. The summed E-state index contributed by atoms with van der Waals surface area (Å²) in [5, 5.41) is 3.91. The average Bonchev–Trinajstić information content (AvgIpc) is 2.75. The number of rotatable bonds is 3. The minimum absolute atomic E-state index is 0.00630. The van der Waals surface area contributed by atoms with Gasteiger partial charge in [-0.05, 0) is 26.8 Å². The zero-order valence-electron chi connectivity index (χ0n) is 9.28. The Morgan fingerprint density at radius 3 is 2.75 bits per heavy atom. The number of thiazole rings is 1. The fourth-order valence-corrected chi connectivity index (χ4v) is 4.56. The van der Waals surface area contributed by atoms with Crippen LogP contribution in [0.3, 0.4) is 0 Å². The first-order valence-corrected chi connectivity index (χ1v) is 7.46. The number of nitrogens with zero attached hydrogens (tertiary/aromatic N) is 1. The van der Waals surface area contributed by atoms with Gasteiger partial charge in [0, 0.05) is 12.6 Å². The van der Waals surface area contributed by atoms with Gasteiger partial charge < -0.3 is 5.32 Å². The van der Waals surface area contributed by atoms with E-state index < -0.39 is 10.0 Å². The molecule has 1 aromatic heterocycles. The van der Waals surface area contributed by atoms with Crippen LogP contribution in [0.1, 0.15) is 17.1 Å². The van der Waals surface area contributed by atoms with Crippen LogP contribution in [0.15, 0.2) is 4.21 Å². The van der Waals surface area contributed by atoms with Gasteiger partial charge >= 0.3 is 0 Å². The van der Waals surface area contributed by atoms with Crippen molar-refractivity contribution in [2.45, 2.75) is 30.5 Å². The molecule has 1 atom stereocenters. The lowest BCUT2D eigenvalue weighted by Gasteiger charge is -2.10. The van der Waals surface area contributed by atoms with Crippen molar-refractivity contribution >= 4 is 21.4 Å². The molecular formula is C9H15N3O2S2. The quantitative estimate of drug-likeness (QED) is 0.826. The highest BCUT2D eigenvalue weighted by atomic mass is 32.2. The maximum atomic E-state index is 12.1. The second-order valence-electron chi connectivity index (χ2n) is 3.92. The molecule has 7 heteroatoms. The van der Waals surface area contributed by atoms with Crippen LogP contribution in [-0.4, -0.2) is 32.5 Å². The van der Waals surface area contributed by atoms with E-state index in [-0.39, 0.29) is 6.04 Å². The predicted molar refractivity (Wildman–Crippen MR) is 63.2 cm³/mol. The van der Waals surface area contributed by atoms with Crippen molar-refractivity contribution in [3.05, 3.63) is 10.7 Å². The maximum Gasteiger partial charge on any atom is 0.252 e. The molecule has 90 valence electrons. The van der Waals surface area contributed by atoms with Crippen LogP contribution in [0.4, 0.5) is 0 Å². The van der Waals surface area contributed by atoms with E-state index in [4.69, 9.17) is 0 Å². The van der Waals surface area contributed by atoms with Crippen molar-refractivity contribution in [3.63, 3.8) is 0 Å². The van der Waals surface area contributed by atoms with E-state index in [0.29, 0.717) is 16.4 Å². The second-order valence-corrected chi connectivity index (χ2v) is 7.03. The van der Waals surface area contributed by atoms with Crippen LogP contribution in [0.2, 0.25) is 0 Å². The fourth-order valence-electron chi connectivity index (χ4n) is 1.79. The molecule has 16 heavy (non-hydrogen) atoms. The van der Waals surface area contributed by atoms with Gasteiger partial charge in [0.15, 0.2) is 4.21 Å². The number of nitrogens with one attached hydrogen (secondary N) is 2. The minimum Gasteiger partial charge on any atom is -0.315 e. The first-order chi connectivity index (χ1) is 7.49. The molecule has 2 heterocycles. The standard InChI is InChI=1S/C9H15N3O2S2/c1-6-9(15-7(2)11-6)16(13,14)12-8-3-4-10-5-8/h8,10,12H,3-5H2,1-2H3. The summed E-state index contributed by atoms with van der Waals surface area (Å²) < 4.78 is 27.2. The summed E-state index contributed by atoms with van der Waals surface area (Å²) in [7, 11) is -3.39. The highest BCUT2D eigenvalue weighted by molar-refractivity contribution is 7.91. The van der Waals surface area contributed by atoms with E-state index in [9.17, 15) is 8.42 Å². The van der Waals surface area contributed by atoms with Gasteiger partial charge in [-0.3, -0.25) is 0 Å².